The summed E-state index contributed by atoms with van der Waals surface area (Å²) in [5, 5.41) is 18.9. The first-order valence-electron chi connectivity index (χ1n) is 8.93. The zero-order valence-electron chi connectivity index (χ0n) is 16.2. The van der Waals surface area contributed by atoms with E-state index in [4.69, 9.17) is 16.3 Å². The standard InChI is InChI=1S/C20H19ClN4O6/c1-2-9-22-20(28)24-18(26)12-31-19(27)15-10-14(25(29)30)7-8-17(15)23-11-13-5-3-4-6-16(13)21/h2-8,10,23H,1,9,11-12H2,(H2,22,24,26,28). The molecule has 0 saturated carbocycles. The SMILES string of the molecule is C=CCNC(=O)NC(=O)COC(=O)c1cc([N+](=O)[O-])ccc1NCc1ccccc1Cl. The number of benzene rings is 2. The third-order valence-corrected chi connectivity index (χ3v) is 4.22. The van der Waals surface area contributed by atoms with Gasteiger partial charge >= 0.3 is 12.0 Å². The van der Waals surface area contributed by atoms with Gasteiger partial charge in [-0.25, -0.2) is 9.59 Å². The highest BCUT2D eigenvalue weighted by molar-refractivity contribution is 6.31. The van der Waals surface area contributed by atoms with Crippen LogP contribution in [-0.2, 0) is 16.1 Å². The molecule has 3 amide bonds. The zero-order valence-corrected chi connectivity index (χ0v) is 17.0. The smallest absolute Gasteiger partial charge is 0.341 e. The number of nitro groups is 1. The normalized spacial score (nSPS) is 9.97. The lowest BCUT2D eigenvalue weighted by atomic mass is 10.1. The molecule has 0 saturated heterocycles. The first-order chi connectivity index (χ1) is 14.8. The number of ether oxygens (including phenoxy) is 1. The van der Waals surface area contributed by atoms with Crippen LogP contribution in [-0.4, -0.2) is 36.0 Å². The zero-order chi connectivity index (χ0) is 22.8. The van der Waals surface area contributed by atoms with Crippen LogP contribution < -0.4 is 16.0 Å². The van der Waals surface area contributed by atoms with Gasteiger partial charge in [0.2, 0.25) is 0 Å². The van der Waals surface area contributed by atoms with Crippen molar-refractivity contribution >= 4 is 40.9 Å². The van der Waals surface area contributed by atoms with Crippen molar-refractivity contribution in [2.24, 2.45) is 0 Å². The van der Waals surface area contributed by atoms with Crippen molar-refractivity contribution in [2.75, 3.05) is 18.5 Å². The topological polar surface area (TPSA) is 140 Å². The molecule has 2 rings (SSSR count). The van der Waals surface area contributed by atoms with E-state index in [9.17, 15) is 24.5 Å². The number of carbonyl (C=O) groups excluding carboxylic acids is 3. The molecule has 10 nitrogen and oxygen atoms in total. The number of anilines is 1. The van der Waals surface area contributed by atoms with Crippen LogP contribution in [0.25, 0.3) is 0 Å². The predicted molar refractivity (Wildman–Crippen MR) is 114 cm³/mol. The van der Waals surface area contributed by atoms with Gasteiger partial charge in [0.05, 0.1) is 10.5 Å². The molecule has 0 aromatic heterocycles. The second-order valence-corrected chi connectivity index (χ2v) is 6.46. The molecule has 0 radical (unpaired) electrons. The molecule has 0 heterocycles. The minimum Gasteiger partial charge on any atom is -0.452 e. The van der Waals surface area contributed by atoms with Crippen molar-refractivity contribution in [3.05, 3.63) is 81.4 Å². The number of hydrogen-bond acceptors (Lipinski definition) is 7. The summed E-state index contributed by atoms with van der Waals surface area (Å²) in [6.07, 6.45) is 1.42. The van der Waals surface area contributed by atoms with Gasteiger partial charge in [-0.05, 0) is 17.7 Å². The van der Waals surface area contributed by atoms with Gasteiger partial charge in [0, 0.05) is 35.9 Å². The number of rotatable bonds is 9. The molecule has 0 bridgehead atoms. The summed E-state index contributed by atoms with van der Waals surface area (Å²) < 4.78 is 4.91. The molecule has 11 heteroatoms. The van der Waals surface area contributed by atoms with Crippen LogP contribution >= 0.6 is 11.6 Å². The number of imide groups is 1. The number of carbonyl (C=O) groups is 3. The fourth-order valence-electron chi connectivity index (χ4n) is 2.38. The Labute approximate surface area is 182 Å². The molecule has 3 N–H and O–H groups in total. The number of hydrogen-bond donors (Lipinski definition) is 3. The van der Waals surface area contributed by atoms with Crippen molar-refractivity contribution in [1.29, 1.82) is 0 Å². The van der Waals surface area contributed by atoms with E-state index in [0.717, 1.165) is 11.6 Å². The number of nitrogens with one attached hydrogen (secondary N) is 3. The van der Waals surface area contributed by atoms with Crippen LogP contribution in [0.1, 0.15) is 15.9 Å². The molecule has 0 fully saturated rings. The Morgan fingerprint density at radius 3 is 2.61 bits per heavy atom. The first kappa shape index (κ1) is 23.4. The summed E-state index contributed by atoms with van der Waals surface area (Å²) in [6, 6.07) is 9.87. The number of halogens is 1. The Balaban J connectivity index is 2.10. The van der Waals surface area contributed by atoms with Crippen LogP contribution in [0.15, 0.2) is 55.1 Å². The molecule has 162 valence electrons. The Morgan fingerprint density at radius 1 is 1.19 bits per heavy atom. The van der Waals surface area contributed by atoms with Gasteiger partial charge < -0.3 is 15.4 Å². The van der Waals surface area contributed by atoms with E-state index in [1.165, 1.54) is 18.2 Å². The fraction of sp³-hybridized carbons (Fsp3) is 0.150. The number of amides is 3. The van der Waals surface area contributed by atoms with Crippen LogP contribution in [0.4, 0.5) is 16.2 Å². The first-order valence-corrected chi connectivity index (χ1v) is 9.31. The van der Waals surface area contributed by atoms with Crippen LogP contribution in [0.3, 0.4) is 0 Å². The van der Waals surface area contributed by atoms with Crippen molar-refractivity contribution < 1.29 is 24.0 Å². The van der Waals surface area contributed by atoms with Crippen molar-refractivity contribution in [1.82, 2.24) is 10.6 Å². The Bertz CT molecular complexity index is 1010. The maximum atomic E-state index is 12.5. The molecule has 0 spiro atoms. The molecular weight excluding hydrogens is 428 g/mol. The number of non-ortho nitro benzene ring substituents is 1. The number of urea groups is 1. The van der Waals surface area contributed by atoms with Crippen LogP contribution in [0.2, 0.25) is 5.02 Å². The summed E-state index contributed by atoms with van der Waals surface area (Å²) in [5.74, 6) is -1.85. The summed E-state index contributed by atoms with van der Waals surface area (Å²) in [7, 11) is 0. The van der Waals surface area contributed by atoms with Gasteiger partial charge in [-0.2, -0.15) is 0 Å². The summed E-state index contributed by atoms with van der Waals surface area (Å²) >= 11 is 6.11. The molecule has 2 aromatic carbocycles. The highest BCUT2D eigenvalue weighted by atomic mass is 35.5. The van der Waals surface area contributed by atoms with Gasteiger partial charge in [0.25, 0.3) is 11.6 Å². The average Bonchev–Trinajstić information content (AvgIpc) is 2.75. The van der Waals surface area contributed by atoms with E-state index >= 15 is 0 Å². The molecule has 0 unspecified atom stereocenters. The average molecular weight is 447 g/mol. The molecule has 0 atom stereocenters. The van der Waals surface area contributed by atoms with Crippen molar-refractivity contribution in [3.8, 4) is 0 Å². The predicted octanol–water partition coefficient (Wildman–Crippen LogP) is 3.03. The highest BCUT2D eigenvalue weighted by Gasteiger charge is 2.20. The van der Waals surface area contributed by atoms with Crippen molar-refractivity contribution in [3.63, 3.8) is 0 Å². The fourth-order valence-corrected chi connectivity index (χ4v) is 2.58. The number of nitro benzene ring substituents is 1. The molecule has 0 aliphatic rings. The van der Waals surface area contributed by atoms with Gasteiger partial charge in [-0.1, -0.05) is 35.9 Å². The van der Waals surface area contributed by atoms with Crippen LogP contribution in [0, 0.1) is 10.1 Å². The largest absolute Gasteiger partial charge is 0.452 e. The minimum atomic E-state index is -0.980. The van der Waals surface area contributed by atoms with Gasteiger partial charge in [0.15, 0.2) is 6.61 Å². The molecule has 2 aromatic rings. The lowest BCUT2D eigenvalue weighted by Crippen LogP contribution is -2.41. The summed E-state index contributed by atoms with van der Waals surface area (Å²) in [5.41, 5.74) is 0.514. The summed E-state index contributed by atoms with van der Waals surface area (Å²) in [6.45, 7) is 3.04. The second-order valence-electron chi connectivity index (χ2n) is 6.05. The van der Waals surface area contributed by atoms with E-state index in [1.54, 1.807) is 24.3 Å². The van der Waals surface area contributed by atoms with Crippen LogP contribution in [0.5, 0.6) is 0 Å². The third-order valence-electron chi connectivity index (χ3n) is 3.86. The van der Waals surface area contributed by atoms with Crippen molar-refractivity contribution in [2.45, 2.75) is 6.54 Å². The number of esters is 1. The van der Waals surface area contributed by atoms with E-state index in [-0.39, 0.29) is 30.0 Å². The van der Waals surface area contributed by atoms with E-state index in [2.05, 4.69) is 17.2 Å². The quantitative estimate of drug-likeness (QED) is 0.233. The van der Waals surface area contributed by atoms with Gasteiger partial charge in [0.1, 0.15) is 0 Å². The molecule has 0 aliphatic carbocycles. The lowest BCUT2D eigenvalue weighted by Gasteiger charge is -2.13. The van der Waals surface area contributed by atoms with Gasteiger partial charge in [-0.3, -0.25) is 20.2 Å². The molecule has 31 heavy (non-hydrogen) atoms. The van der Waals surface area contributed by atoms with E-state index in [0.29, 0.717) is 5.02 Å². The molecule has 0 aliphatic heterocycles. The Hall–Kier alpha value is -3.92. The van der Waals surface area contributed by atoms with Gasteiger partial charge in [-0.15, -0.1) is 6.58 Å². The minimum absolute atomic E-state index is 0.146. The maximum absolute atomic E-state index is 12.5. The second kappa shape index (κ2) is 11.3. The lowest BCUT2D eigenvalue weighted by molar-refractivity contribution is -0.384. The maximum Gasteiger partial charge on any atom is 0.341 e. The van der Waals surface area contributed by atoms with E-state index < -0.39 is 29.4 Å². The highest BCUT2D eigenvalue weighted by Crippen LogP contribution is 2.25. The summed E-state index contributed by atoms with van der Waals surface area (Å²) in [4.78, 5) is 46.1. The monoisotopic (exact) mass is 446 g/mol. The third kappa shape index (κ3) is 7.12. The molecular formula is C20H19ClN4O6. The Morgan fingerprint density at radius 2 is 1.94 bits per heavy atom. The van der Waals surface area contributed by atoms with E-state index in [1.807, 2.05) is 5.32 Å². The Kier molecular flexibility index (Phi) is 8.52. The number of nitrogens with zero attached hydrogens (tertiary/aromatic N) is 1.